The van der Waals surface area contributed by atoms with Crippen LogP contribution in [0, 0.1) is 0 Å². The van der Waals surface area contributed by atoms with Crippen LogP contribution < -0.4 is 14.2 Å². The second-order valence-corrected chi connectivity index (χ2v) is 6.00. The Morgan fingerprint density at radius 3 is 2.12 bits per heavy atom. The van der Waals surface area contributed by atoms with E-state index in [1.165, 1.54) is 0 Å². The van der Waals surface area contributed by atoms with E-state index in [1.807, 2.05) is 57.2 Å². The van der Waals surface area contributed by atoms with E-state index < -0.39 is 0 Å². The Kier molecular flexibility index (Phi) is 7.19. The highest BCUT2D eigenvalue weighted by Gasteiger charge is 2.10. The molecule has 0 aromatic heterocycles. The van der Waals surface area contributed by atoms with Crippen molar-refractivity contribution in [1.82, 2.24) is 0 Å². The van der Waals surface area contributed by atoms with Crippen LogP contribution in [0.25, 0.3) is 12.2 Å². The van der Waals surface area contributed by atoms with Gasteiger partial charge in [0, 0.05) is 10.0 Å². The Morgan fingerprint density at radius 1 is 0.840 bits per heavy atom. The molecule has 25 heavy (non-hydrogen) atoms. The molecule has 0 atom stereocenters. The Hall–Kier alpha value is -2.14. The minimum Gasteiger partial charge on any atom is -0.504 e. The molecule has 0 bridgehead atoms. The lowest BCUT2D eigenvalue weighted by molar-refractivity contribution is 0.287. The summed E-state index contributed by atoms with van der Waals surface area (Å²) in [6.45, 7) is 7.40. The van der Waals surface area contributed by atoms with E-state index in [1.54, 1.807) is 6.07 Å². The average Bonchev–Trinajstić information content (AvgIpc) is 2.60. The first-order valence-corrected chi connectivity index (χ1v) is 9.11. The molecule has 1 N–H and O–H groups in total. The van der Waals surface area contributed by atoms with Gasteiger partial charge in [-0.2, -0.15) is 0 Å². The maximum atomic E-state index is 10.4. The molecular weight excluding hydrogens is 384 g/mol. The van der Waals surface area contributed by atoms with E-state index in [4.69, 9.17) is 14.2 Å². The number of ether oxygens (including phenoxy) is 3. The van der Waals surface area contributed by atoms with Crippen LogP contribution in [-0.2, 0) is 0 Å². The zero-order chi connectivity index (χ0) is 18.2. The van der Waals surface area contributed by atoms with Crippen LogP contribution >= 0.6 is 15.9 Å². The van der Waals surface area contributed by atoms with Crippen molar-refractivity contribution in [3.8, 4) is 23.0 Å². The molecule has 2 aromatic carbocycles. The lowest BCUT2D eigenvalue weighted by atomic mass is 10.1. The third-order valence-electron chi connectivity index (χ3n) is 3.44. The fourth-order valence-corrected chi connectivity index (χ4v) is 2.80. The van der Waals surface area contributed by atoms with E-state index in [0.29, 0.717) is 36.9 Å². The van der Waals surface area contributed by atoms with Crippen molar-refractivity contribution >= 4 is 28.1 Å². The van der Waals surface area contributed by atoms with Crippen LogP contribution in [0.1, 0.15) is 31.9 Å². The zero-order valence-electron chi connectivity index (χ0n) is 14.7. The third kappa shape index (κ3) is 4.92. The smallest absolute Gasteiger partial charge is 0.166 e. The van der Waals surface area contributed by atoms with Gasteiger partial charge in [-0.3, -0.25) is 0 Å². The molecule has 2 rings (SSSR count). The predicted octanol–water partition coefficient (Wildman–Crippen LogP) is 5.52. The lowest BCUT2D eigenvalue weighted by Gasteiger charge is -2.11. The summed E-state index contributed by atoms with van der Waals surface area (Å²) < 4.78 is 17.4. The number of phenols is 1. The monoisotopic (exact) mass is 406 g/mol. The number of halogens is 1. The van der Waals surface area contributed by atoms with Crippen molar-refractivity contribution < 1.29 is 19.3 Å². The number of aromatic hydroxyl groups is 1. The fraction of sp³-hybridized carbons (Fsp3) is 0.300. The summed E-state index contributed by atoms with van der Waals surface area (Å²) in [5.41, 5.74) is 1.61. The standard InChI is InChI=1S/C20H23BrO4/c1-4-23-17-11-8-14(13-19(17)25-6-3)7-9-15-16(21)10-12-18(20(15)22)24-5-2/h7-13,22H,4-6H2,1-3H3/b9-7+. The summed E-state index contributed by atoms with van der Waals surface area (Å²) in [6.07, 6.45) is 3.75. The number of hydrogen-bond donors (Lipinski definition) is 1. The van der Waals surface area contributed by atoms with Crippen LogP contribution in [0.3, 0.4) is 0 Å². The first-order valence-electron chi connectivity index (χ1n) is 8.32. The van der Waals surface area contributed by atoms with E-state index in [9.17, 15) is 5.11 Å². The van der Waals surface area contributed by atoms with E-state index in [2.05, 4.69) is 15.9 Å². The van der Waals surface area contributed by atoms with Crippen molar-refractivity contribution in [1.29, 1.82) is 0 Å². The SMILES string of the molecule is CCOc1ccc(/C=C/c2c(Br)ccc(OCC)c2O)cc1OCC. The Morgan fingerprint density at radius 2 is 1.44 bits per heavy atom. The Bertz CT molecular complexity index is 741. The zero-order valence-corrected chi connectivity index (χ0v) is 16.3. The molecule has 5 heteroatoms. The summed E-state index contributed by atoms with van der Waals surface area (Å²) in [6, 6.07) is 9.35. The molecule has 0 aliphatic rings. The molecule has 2 aromatic rings. The molecule has 0 unspecified atom stereocenters. The molecule has 0 aliphatic carbocycles. The van der Waals surface area contributed by atoms with Crippen molar-refractivity contribution in [2.24, 2.45) is 0 Å². The van der Waals surface area contributed by atoms with E-state index in [-0.39, 0.29) is 5.75 Å². The van der Waals surface area contributed by atoms with Crippen LogP contribution in [-0.4, -0.2) is 24.9 Å². The highest BCUT2D eigenvalue weighted by atomic mass is 79.9. The molecule has 0 heterocycles. The molecule has 4 nitrogen and oxygen atoms in total. The predicted molar refractivity (Wildman–Crippen MR) is 105 cm³/mol. The molecule has 0 saturated heterocycles. The van der Waals surface area contributed by atoms with Crippen molar-refractivity contribution in [3.63, 3.8) is 0 Å². The quantitative estimate of drug-likeness (QED) is 0.586. The van der Waals surface area contributed by atoms with Crippen LogP contribution in [0.15, 0.2) is 34.8 Å². The van der Waals surface area contributed by atoms with Crippen molar-refractivity contribution in [2.45, 2.75) is 20.8 Å². The van der Waals surface area contributed by atoms with Gasteiger partial charge in [0.1, 0.15) is 0 Å². The number of hydrogen-bond acceptors (Lipinski definition) is 4. The summed E-state index contributed by atoms with van der Waals surface area (Å²) in [5.74, 6) is 2.01. The molecule has 134 valence electrons. The normalized spacial score (nSPS) is 10.9. The molecule has 0 radical (unpaired) electrons. The summed E-state index contributed by atoms with van der Waals surface area (Å²) >= 11 is 3.47. The van der Waals surface area contributed by atoms with Gasteiger partial charge in [-0.1, -0.05) is 28.1 Å². The Labute approximate surface area is 157 Å². The first-order chi connectivity index (χ1) is 12.1. The van der Waals surface area contributed by atoms with Crippen LogP contribution in [0.2, 0.25) is 0 Å². The average molecular weight is 407 g/mol. The van der Waals surface area contributed by atoms with E-state index in [0.717, 1.165) is 15.8 Å². The molecule has 0 aliphatic heterocycles. The number of rotatable bonds is 8. The van der Waals surface area contributed by atoms with Gasteiger partial charge in [0.15, 0.2) is 23.0 Å². The molecular formula is C20H23BrO4. The van der Waals surface area contributed by atoms with Gasteiger partial charge in [-0.25, -0.2) is 0 Å². The maximum absolute atomic E-state index is 10.4. The van der Waals surface area contributed by atoms with E-state index >= 15 is 0 Å². The second-order valence-electron chi connectivity index (χ2n) is 5.15. The summed E-state index contributed by atoms with van der Waals surface area (Å²) in [7, 11) is 0. The molecule has 0 amide bonds. The number of phenolic OH excluding ortho intramolecular Hbond substituents is 1. The van der Waals surface area contributed by atoms with Crippen LogP contribution in [0.4, 0.5) is 0 Å². The minimum absolute atomic E-state index is 0.114. The summed E-state index contributed by atoms with van der Waals surface area (Å²) in [5, 5.41) is 10.4. The second kappa shape index (κ2) is 9.37. The Balaban J connectivity index is 2.33. The molecule has 0 fully saturated rings. The molecule has 0 saturated carbocycles. The maximum Gasteiger partial charge on any atom is 0.166 e. The highest BCUT2D eigenvalue weighted by molar-refractivity contribution is 9.10. The largest absolute Gasteiger partial charge is 0.504 e. The third-order valence-corrected chi connectivity index (χ3v) is 4.13. The van der Waals surface area contributed by atoms with Crippen LogP contribution in [0.5, 0.6) is 23.0 Å². The summed E-state index contributed by atoms with van der Waals surface area (Å²) in [4.78, 5) is 0. The van der Waals surface area contributed by atoms with Gasteiger partial charge >= 0.3 is 0 Å². The van der Waals surface area contributed by atoms with Crippen molar-refractivity contribution in [2.75, 3.05) is 19.8 Å². The topological polar surface area (TPSA) is 47.9 Å². The van der Waals surface area contributed by atoms with Gasteiger partial charge in [0.2, 0.25) is 0 Å². The highest BCUT2D eigenvalue weighted by Crippen LogP contribution is 2.37. The van der Waals surface area contributed by atoms with Gasteiger partial charge in [0.05, 0.1) is 19.8 Å². The number of benzene rings is 2. The van der Waals surface area contributed by atoms with Gasteiger partial charge < -0.3 is 19.3 Å². The molecule has 0 spiro atoms. The van der Waals surface area contributed by atoms with Crippen molar-refractivity contribution in [3.05, 3.63) is 45.9 Å². The minimum atomic E-state index is 0.114. The first kappa shape index (κ1) is 19.2. The fourth-order valence-electron chi connectivity index (χ4n) is 2.34. The lowest BCUT2D eigenvalue weighted by Crippen LogP contribution is -1.98. The van der Waals surface area contributed by atoms with Gasteiger partial charge in [-0.05, 0) is 56.7 Å². The van der Waals surface area contributed by atoms with Gasteiger partial charge in [-0.15, -0.1) is 0 Å². The van der Waals surface area contributed by atoms with Gasteiger partial charge in [0.25, 0.3) is 0 Å².